The van der Waals surface area contributed by atoms with Gasteiger partial charge in [0, 0.05) is 19.5 Å². The zero-order valence-corrected chi connectivity index (χ0v) is 14.6. The molecule has 0 amide bonds. The molecule has 0 aliphatic heterocycles. The summed E-state index contributed by atoms with van der Waals surface area (Å²) in [5, 5.41) is 0. The van der Waals surface area contributed by atoms with Crippen LogP contribution in [-0.2, 0) is 4.74 Å². The van der Waals surface area contributed by atoms with Crippen molar-refractivity contribution in [3.8, 4) is 22.6 Å². The second kappa shape index (κ2) is 7.81. The minimum atomic E-state index is -0.109. The predicted octanol–water partition coefficient (Wildman–Crippen LogP) is 4.50. The summed E-state index contributed by atoms with van der Waals surface area (Å²) in [4.78, 5) is 4.06. The molecule has 1 atom stereocenters. The Kier molecular flexibility index (Phi) is 5.31. The Hall–Kier alpha value is -2.85. The molecular formula is C21H21NO3. The third kappa shape index (κ3) is 3.64. The van der Waals surface area contributed by atoms with Gasteiger partial charge < -0.3 is 14.2 Å². The van der Waals surface area contributed by atoms with Gasteiger partial charge in [-0.3, -0.25) is 4.98 Å². The van der Waals surface area contributed by atoms with Crippen molar-refractivity contribution < 1.29 is 14.2 Å². The maximum absolute atomic E-state index is 5.67. The Morgan fingerprint density at radius 2 is 1.28 bits per heavy atom. The summed E-state index contributed by atoms with van der Waals surface area (Å²) in [7, 11) is 4.99. The van der Waals surface area contributed by atoms with Gasteiger partial charge >= 0.3 is 0 Å². The first-order chi connectivity index (χ1) is 12.3. The highest BCUT2D eigenvalue weighted by Crippen LogP contribution is 2.33. The molecule has 0 aliphatic rings. The van der Waals surface area contributed by atoms with E-state index < -0.39 is 0 Å². The molecule has 0 N–H and O–H groups in total. The van der Waals surface area contributed by atoms with Crippen molar-refractivity contribution in [1.82, 2.24) is 4.98 Å². The molecule has 1 heterocycles. The van der Waals surface area contributed by atoms with Crippen LogP contribution in [-0.4, -0.2) is 26.3 Å². The zero-order valence-electron chi connectivity index (χ0n) is 14.6. The van der Waals surface area contributed by atoms with Crippen LogP contribution in [0, 0.1) is 0 Å². The van der Waals surface area contributed by atoms with Gasteiger partial charge in [-0.15, -0.1) is 0 Å². The number of methoxy groups -OCH3 is 3. The van der Waals surface area contributed by atoms with E-state index in [1.165, 1.54) is 0 Å². The summed E-state index contributed by atoms with van der Waals surface area (Å²) >= 11 is 0. The van der Waals surface area contributed by atoms with Crippen molar-refractivity contribution in [1.29, 1.82) is 0 Å². The second-order valence-corrected chi connectivity index (χ2v) is 5.59. The van der Waals surface area contributed by atoms with E-state index in [2.05, 4.69) is 29.2 Å². The molecule has 1 aromatic heterocycles. The van der Waals surface area contributed by atoms with E-state index in [1.807, 2.05) is 30.3 Å². The monoisotopic (exact) mass is 335 g/mol. The van der Waals surface area contributed by atoms with E-state index in [9.17, 15) is 0 Å². The highest BCUT2D eigenvalue weighted by molar-refractivity contribution is 5.67. The molecule has 0 fully saturated rings. The lowest BCUT2D eigenvalue weighted by molar-refractivity contribution is 0.136. The van der Waals surface area contributed by atoms with E-state index in [4.69, 9.17) is 14.2 Å². The number of hydrogen-bond acceptors (Lipinski definition) is 4. The standard InChI is InChI=1S/C21H21NO3/c1-23-19-9-8-18(14-20(19)24-2)15-4-6-16(7-5-15)21(25-3)17-10-12-22-13-11-17/h4-14,21H,1-3H3/t21-/m1/s1. The lowest BCUT2D eigenvalue weighted by Gasteiger charge is -2.16. The lowest BCUT2D eigenvalue weighted by Crippen LogP contribution is -2.03. The quantitative estimate of drug-likeness (QED) is 0.665. The van der Waals surface area contributed by atoms with Gasteiger partial charge in [-0.1, -0.05) is 30.3 Å². The second-order valence-electron chi connectivity index (χ2n) is 5.59. The van der Waals surface area contributed by atoms with Crippen LogP contribution in [0.4, 0.5) is 0 Å². The van der Waals surface area contributed by atoms with E-state index in [1.54, 1.807) is 33.7 Å². The van der Waals surface area contributed by atoms with Crippen molar-refractivity contribution in [3.05, 3.63) is 78.1 Å². The Morgan fingerprint density at radius 3 is 1.88 bits per heavy atom. The van der Waals surface area contributed by atoms with Gasteiger partial charge in [0.1, 0.15) is 6.10 Å². The van der Waals surface area contributed by atoms with Crippen molar-refractivity contribution in [2.45, 2.75) is 6.10 Å². The molecule has 0 unspecified atom stereocenters. The van der Waals surface area contributed by atoms with E-state index in [0.717, 1.165) is 33.8 Å². The van der Waals surface area contributed by atoms with Gasteiger partial charge in [-0.25, -0.2) is 0 Å². The molecule has 0 saturated carbocycles. The van der Waals surface area contributed by atoms with Gasteiger partial charge in [0.2, 0.25) is 0 Å². The van der Waals surface area contributed by atoms with Crippen LogP contribution in [0.1, 0.15) is 17.2 Å². The number of ether oxygens (including phenoxy) is 3. The van der Waals surface area contributed by atoms with Gasteiger partial charge in [-0.05, 0) is 46.5 Å². The number of aromatic nitrogens is 1. The van der Waals surface area contributed by atoms with Crippen LogP contribution >= 0.6 is 0 Å². The molecule has 3 aromatic rings. The summed E-state index contributed by atoms with van der Waals surface area (Å²) < 4.78 is 16.3. The first-order valence-electron chi connectivity index (χ1n) is 8.02. The summed E-state index contributed by atoms with van der Waals surface area (Å²) in [5.41, 5.74) is 4.35. The average molecular weight is 335 g/mol. The summed E-state index contributed by atoms with van der Waals surface area (Å²) in [6.07, 6.45) is 3.45. The molecule has 25 heavy (non-hydrogen) atoms. The highest BCUT2D eigenvalue weighted by atomic mass is 16.5. The molecule has 0 saturated heterocycles. The Balaban J connectivity index is 1.89. The molecule has 0 aliphatic carbocycles. The molecular weight excluding hydrogens is 314 g/mol. The molecule has 0 radical (unpaired) electrons. The fraction of sp³-hybridized carbons (Fsp3) is 0.190. The first-order valence-corrected chi connectivity index (χ1v) is 8.02. The Labute approximate surface area is 148 Å². The van der Waals surface area contributed by atoms with Gasteiger partial charge in [0.15, 0.2) is 11.5 Å². The third-order valence-electron chi connectivity index (χ3n) is 4.17. The fourth-order valence-electron chi connectivity index (χ4n) is 2.87. The van der Waals surface area contributed by atoms with Crippen LogP contribution in [0.25, 0.3) is 11.1 Å². The lowest BCUT2D eigenvalue weighted by atomic mass is 9.98. The minimum Gasteiger partial charge on any atom is -0.493 e. The zero-order chi connectivity index (χ0) is 17.6. The summed E-state index contributed by atoms with van der Waals surface area (Å²) in [6.45, 7) is 0. The summed E-state index contributed by atoms with van der Waals surface area (Å²) in [5.74, 6) is 1.44. The van der Waals surface area contributed by atoms with Crippen molar-refractivity contribution >= 4 is 0 Å². The average Bonchev–Trinajstić information content (AvgIpc) is 2.69. The smallest absolute Gasteiger partial charge is 0.161 e. The molecule has 128 valence electrons. The number of hydrogen-bond donors (Lipinski definition) is 0. The normalized spacial score (nSPS) is 11.8. The number of pyridine rings is 1. The van der Waals surface area contributed by atoms with Crippen LogP contribution in [0.3, 0.4) is 0 Å². The molecule has 4 heteroatoms. The predicted molar refractivity (Wildman–Crippen MR) is 98.1 cm³/mol. The minimum absolute atomic E-state index is 0.109. The largest absolute Gasteiger partial charge is 0.493 e. The third-order valence-corrected chi connectivity index (χ3v) is 4.17. The molecule has 2 aromatic carbocycles. The molecule has 3 rings (SSSR count). The van der Waals surface area contributed by atoms with Crippen molar-refractivity contribution in [3.63, 3.8) is 0 Å². The molecule has 0 spiro atoms. The number of benzene rings is 2. The maximum atomic E-state index is 5.67. The van der Waals surface area contributed by atoms with Crippen LogP contribution in [0.5, 0.6) is 11.5 Å². The topological polar surface area (TPSA) is 40.6 Å². The number of rotatable bonds is 6. The Morgan fingerprint density at radius 1 is 0.680 bits per heavy atom. The SMILES string of the molecule is COc1ccc(-c2ccc([C@@H](OC)c3ccncc3)cc2)cc1OC. The van der Waals surface area contributed by atoms with E-state index in [-0.39, 0.29) is 6.10 Å². The van der Waals surface area contributed by atoms with E-state index in [0.29, 0.717) is 0 Å². The van der Waals surface area contributed by atoms with Crippen molar-refractivity contribution in [2.75, 3.05) is 21.3 Å². The number of nitrogens with zero attached hydrogens (tertiary/aromatic N) is 1. The van der Waals surface area contributed by atoms with Crippen LogP contribution < -0.4 is 9.47 Å². The summed E-state index contributed by atoms with van der Waals surface area (Å²) in [6, 6.07) is 18.2. The first kappa shape index (κ1) is 17.0. The van der Waals surface area contributed by atoms with Gasteiger partial charge in [0.05, 0.1) is 14.2 Å². The highest BCUT2D eigenvalue weighted by Gasteiger charge is 2.13. The Bertz CT molecular complexity index is 816. The fourth-order valence-corrected chi connectivity index (χ4v) is 2.87. The van der Waals surface area contributed by atoms with Crippen LogP contribution in [0.2, 0.25) is 0 Å². The molecule has 4 nitrogen and oxygen atoms in total. The van der Waals surface area contributed by atoms with Gasteiger partial charge in [-0.2, -0.15) is 0 Å². The molecule has 0 bridgehead atoms. The maximum Gasteiger partial charge on any atom is 0.161 e. The van der Waals surface area contributed by atoms with Gasteiger partial charge in [0.25, 0.3) is 0 Å². The van der Waals surface area contributed by atoms with Crippen molar-refractivity contribution in [2.24, 2.45) is 0 Å². The van der Waals surface area contributed by atoms with Crippen LogP contribution in [0.15, 0.2) is 67.0 Å². The van der Waals surface area contributed by atoms with E-state index >= 15 is 0 Å².